The molecule has 1 aromatic heterocycles. The van der Waals surface area contributed by atoms with Crippen LogP contribution in [0.2, 0.25) is 0 Å². The summed E-state index contributed by atoms with van der Waals surface area (Å²) >= 11 is 0. The Balaban J connectivity index is 1.34. The summed E-state index contributed by atoms with van der Waals surface area (Å²) in [5.74, 6) is 0.127. The molecular weight excluding hydrogens is 370 g/mol. The van der Waals surface area contributed by atoms with Crippen molar-refractivity contribution in [3.05, 3.63) is 120 Å². The van der Waals surface area contributed by atoms with Crippen molar-refractivity contribution in [1.82, 2.24) is 15.1 Å². The van der Waals surface area contributed by atoms with Crippen molar-refractivity contribution in [3.8, 4) is 5.69 Å². The van der Waals surface area contributed by atoms with Crippen molar-refractivity contribution < 1.29 is 4.79 Å². The molecule has 1 N–H and O–H groups in total. The highest BCUT2D eigenvalue weighted by Gasteiger charge is 2.17. The van der Waals surface area contributed by atoms with Gasteiger partial charge in [0.25, 0.3) is 0 Å². The van der Waals surface area contributed by atoms with Crippen molar-refractivity contribution in [2.24, 2.45) is 0 Å². The molecule has 0 saturated heterocycles. The van der Waals surface area contributed by atoms with Gasteiger partial charge in [0.15, 0.2) is 0 Å². The van der Waals surface area contributed by atoms with Crippen LogP contribution in [0.4, 0.5) is 0 Å². The number of nitrogens with one attached hydrogen (secondary N) is 1. The first kappa shape index (κ1) is 19.6. The lowest BCUT2D eigenvalue weighted by molar-refractivity contribution is -0.121. The molecule has 0 aliphatic heterocycles. The summed E-state index contributed by atoms with van der Waals surface area (Å²) in [7, 11) is 0. The third-order valence-corrected chi connectivity index (χ3v) is 5.23. The minimum absolute atomic E-state index is 0.0563. The summed E-state index contributed by atoms with van der Waals surface area (Å²) in [5.41, 5.74) is 4.54. The minimum Gasteiger partial charge on any atom is -0.356 e. The van der Waals surface area contributed by atoms with Gasteiger partial charge in [-0.15, -0.1) is 0 Å². The van der Waals surface area contributed by atoms with Gasteiger partial charge in [-0.3, -0.25) is 4.79 Å². The largest absolute Gasteiger partial charge is 0.356 e. The number of aromatic nitrogens is 2. The predicted molar refractivity (Wildman–Crippen MR) is 120 cm³/mol. The van der Waals surface area contributed by atoms with Crippen molar-refractivity contribution in [2.75, 3.05) is 6.54 Å². The Hall–Kier alpha value is -3.66. The number of hydrogen-bond acceptors (Lipinski definition) is 2. The van der Waals surface area contributed by atoms with Crippen LogP contribution in [0.15, 0.2) is 103 Å². The molecule has 0 aliphatic rings. The molecule has 4 nitrogen and oxygen atoms in total. The Labute approximate surface area is 177 Å². The molecule has 0 unspecified atom stereocenters. The zero-order valence-electron chi connectivity index (χ0n) is 16.8. The first-order valence-electron chi connectivity index (χ1n) is 10.2. The van der Waals surface area contributed by atoms with Gasteiger partial charge >= 0.3 is 0 Å². The van der Waals surface area contributed by atoms with E-state index < -0.39 is 0 Å². The molecule has 150 valence electrons. The first-order valence-corrected chi connectivity index (χ1v) is 10.2. The second-order valence-corrected chi connectivity index (χ2v) is 7.30. The van der Waals surface area contributed by atoms with E-state index in [1.807, 2.05) is 65.5 Å². The molecule has 0 fully saturated rings. The lowest BCUT2D eigenvalue weighted by Crippen LogP contribution is -2.27. The Kier molecular flexibility index (Phi) is 6.35. The molecule has 0 radical (unpaired) electrons. The van der Waals surface area contributed by atoms with E-state index in [9.17, 15) is 4.79 Å². The summed E-state index contributed by atoms with van der Waals surface area (Å²) < 4.78 is 1.83. The second-order valence-electron chi connectivity index (χ2n) is 7.30. The number of amides is 1. The van der Waals surface area contributed by atoms with Crippen LogP contribution >= 0.6 is 0 Å². The van der Waals surface area contributed by atoms with E-state index in [2.05, 4.69) is 46.8 Å². The van der Waals surface area contributed by atoms with Crippen LogP contribution in [-0.4, -0.2) is 22.2 Å². The topological polar surface area (TPSA) is 46.9 Å². The van der Waals surface area contributed by atoms with Gasteiger partial charge in [-0.05, 0) is 41.3 Å². The van der Waals surface area contributed by atoms with Gasteiger partial charge in [0, 0.05) is 31.3 Å². The van der Waals surface area contributed by atoms with Gasteiger partial charge in [0.05, 0.1) is 5.69 Å². The number of carbonyl (C=O) groups excluding carboxylic acids is 1. The number of carbonyl (C=O) groups is 1. The fourth-order valence-electron chi connectivity index (χ4n) is 3.64. The third-order valence-electron chi connectivity index (χ3n) is 5.23. The molecule has 0 atom stereocenters. The van der Waals surface area contributed by atoms with Crippen LogP contribution in [0.5, 0.6) is 0 Å². The quantitative estimate of drug-likeness (QED) is 0.468. The van der Waals surface area contributed by atoms with Crippen LogP contribution in [0.3, 0.4) is 0 Å². The number of rotatable bonds is 8. The van der Waals surface area contributed by atoms with E-state index in [1.54, 1.807) is 6.20 Å². The fourth-order valence-corrected chi connectivity index (χ4v) is 3.64. The van der Waals surface area contributed by atoms with E-state index >= 15 is 0 Å². The normalized spacial score (nSPS) is 10.8. The number of nitrogens with zero attached hydrogens (tertiary/aromatic N) is 2. The fraction of sp³-hybridized carbons (Fsp3) is 0.154. The van der Waals surface area contributed by atoms with E-state index in [1.165, 1.54) is 5.56 Å². The molecule has 0 aliphatic carbocycles. The predicted octanol–water partition coefficient (Wildman–Crippen LogP) is 4.75. The average Bonchev–Trinajstić information content (AvgIpc) is 3.34. The van der Waals surface area contributed by atoms with E-state index in [-0.39, 0.29) is 11.8 Å². The van der Waals surface area contributed by atoms with Gasteiger partial charge in [-0.2, -0.15) is 5.10 Å². The molecule has 1 amide bonds. The Morgan fingerprint density at radius 3 is 2.03 bits per heavy atom. The first-order chi connectivity index (χ1) is 14.8. The lowest BCUT2D eigenvalue weighted by atomic mass is 9.88. The molecule has 4 aromatic rings. The van der Waals surface area contributed by atoms with Crippen LogP contribution in [0.1, 0.15) is 29.0 Å². The summed E-state index contributed by atoms with van der Waals surface area (Å²) in [6.45, 7) is 0.621. The average molecular weight is 396 g/mol. The summed E-state index contributed by atoms with van der Waals surface area (Å²) in [6, 6.07) is 30.6. The zero-order valence-corrected chi connectivity index (χ0v) is 16.8. The SMILES string of the molecule is O=C(CC(c1ccccc1)c1ccccc1)NCCc1ccc(-n2cccn2)cc1. The van der Waals surface area contributed by atoms with Crippen molar-refractivity contribution in [2.45, 2.75) is 18.8 Å². The van der Waals surface area contributed by atoms with Gasteiger partial charge in [-0.1, -0.05) is 72.8 Å². The lowest BCUT2D eigenvalue weighted by Gasteiger charge is -2.18. The van der Waals surface area contributed by atoms with Gasteiger partial charge in [-0.25, -0.2) is 4.68 Å². The second kappa shape index (κ2) is 9.70. The molecule has 30 heavy (non-hydrogen) atoms. The zero-order chi connectivity index (χ0) is 20.6. The van der Waals surface area contributed by atoms with Crippen LogP contribution in [0.25, 0.3) is 5.69 Å². The molecule has 0 saturated carbocycles. The maximum absolute atomic E-state index is 12.7. The van der Waals surface area contributed by atoms with E-state index in [0.29, 0.717) is 13.0 Å². The molecule has 0 spiro atoms. The highest BCUT2D eigenvalue weighted by atomic mass is 16.1. The molecule has 0 bridgehead atoms. The van der Waals surface area contributed by atoms with Crippen LogP contribution < -0.4 is 5.32 Å². The standard InChI is InChI=1S/C26H25N3O/c30-26(20-25(22-8-3-1-4-9-22)23-10-5-2-6-11-23)27-18-16-21-12-14-24(15-13-21)29-19-7-17-28-29/h1-15,17,19,25H,16,18,20H2,(H,27,30). The monoisotopic (exact) mass is 395 g/mol. The molecule has 1 heterocycles. The van der Waals surface area contributed by atoms with Gasteiger partial charge < -0.3 is 5.32 Å². The Morgan fingerprint density at radius 2 is 1.47 bits per heavy atom. The number of benzene rings is 3. The maximum atomic E-state index is 12.7. The van der Waals surface area contributed by atoms with Gasteiger partial charge in [0.1, 0.15) is 0 Å². The number of hydrogen-bond donors (Lipinski definition) is 1. The van der Waals surface area contributed by atoms with Gasteiger partial charge in [0.2, 0.25) is 5.91 Å². The highest BCUT2D eigenvalue weighted by Crippen LogP contribution is 2.27. The summed E-state index contributed by atoms with van der Waals surface area (Å²) in [4.78, 5) is 12.7. The van der Waals surface area contributed by atoms with E-state index in [4.69, 9.17) is 0 Å². The molecule has 3 aromatic carbocycles. The Morgan fingerprint density at radius 1 is 0.833 bits per heavy atom. The van der Waals surface area contributed by atoms with E-state index in [0.717, 1.165) is 23.2 Å². The third kappa shape index (κ3) is 5.03. The highest BCUT2D eigenvalue weighted by molar-refractivity contribution is 5.77. The molecule has 4 rings (SSSR count). The maximum Gasteiger partial charge on any atom is 0.220 e. The van der Waals surface area contributed by atoms with Crippen LogP contribution in [0, 0.1) is 0 Å². The minimum atomic E-state index is 0.0563. The van der Waals surface area contributed by atoms with Crippen molar-refractivity contribution >= 4 is 5.91 Å². The van der Waals surface area contributed by atoms with Crippen LogP contribution in [-0.2, 0) is 11.2 Å². The van der Waals surface area contributed by atoms with Crippen molar-refractivity contribution in [1.29, 1.82) is 0 Å². The summed E-state index contributed by atoms with van der Waals surface area (Å²) in [6.07, 6.45) is 4.92. The Bertz CT molecular complexity index is 1000. The molecular formula is C26H25N3O. The molecule has 4 heteroatoms. The summed E-state index contributed by atoms with van der Waals surface area (Å²) in [5, 5.41) is 7.33. The van der Waals surface area contributed by atoms with Crippen molar-refractivity contribution in [3.63, 3.8) is 0 Å². The smallest absolute Gasteiger partial charge is 0.220 e.